The molecule has 5 unspecified atom stereocenters. The fraction of sp³-hybridized carbons (Fsp3) is 0.667. The molecule has 1 saturated carbocycles. The van der Waals surface area contributed by atoms with E-state index in [9.17, 15) is 4.79 Å². The van der Waals surface area contributed by atoms with Crippen molar-refractivity contribution in [3.63, 3.8) is 0 Å². The van der Waals surface area contributed by atoms with Crippen LogP contribution in [0.5, 0.6) is 0 Å². The molecule has 5 rings (SSSR count). The summed E-state index contributed by atoms with van der Waals surface area (Å²) in [5, 5.41) is 0. The highest BCUT2D eigenvalue weighted by atomic mass is 16.1. The number of fused-ring (bicyclic) bond motifs is 1. The van der Waals surface area contributed by atoms with Crippen molar-refractivity contribution in [1.29, 1.82) is 0 Å². The molecule has 0 radical (unpaired) electrons. The number of carbonyl (C=O) groups excluding carboxylic acids is 1. The molecule has 2 aliphatic carbocycles. The van der Waals surface area contributed by atoms with Gasteiger partial charge in [0, 0.05) is 30.2 Å². The molecule has 4 aliphatic rings. The molecule has 3 nitrogen and oxygen atoms in total. The average molecular weight is 324 g/mol. The smallest absolute Gasteiger partial charge is 0.150 e. The number of hydrogen-bond donors (Lipinski definition) is 0. The Kier molecular flexibility index (Phi) is 3.24. The highest BCUT2D eigenvalue weighted by Gasteiger charge is 2.70. The van der Waals surface area contributed by atoms with Crippen molar-refractivity contribution in [3.8, 4) is 0 Å². The van der Waals surface area contributed by atoms with Crippen LogP contribution in [0.25, 0.3) is 0 Å². The maximum atomic E-state index is 11.6. The largest absolute Gasteiger partial charge is 0.302 e. The van der Waals surface area contributed by atoms with Gasteiger partial charge in [0.2, 0.25) is 0 Å². The number of likely N-dealkylation sites (N-methyl/N-ethyl adjacent to an activating group) is 1. The third kappa shape index (κ3) is 2.01. The fourth-order valence-corrected chi connectivity index (χ4v) is 6.27. The maximum Gasteiger partial charge on any atom is 0.150 e. The van der Waals surface area contributed by atoms with Gasteiger partial charge < -0.3 is 4.90 Å². The summed E-state index contributed by atoms with van der Waals surface area (Å²) in [6.07, 6.45) is 7.50. The molecule has 128 valence electrons. The van der Waals surface area contributed by atoms with Crippen LogP contribution in [0.15, 0.2) is 12.1 Å². The van der Waals surface area contributed by atoms with E-state index in [1.165, 1.54) is 55.5 Å². The van der Waals surface area contributed by atoms with Crippen molar-refractivity contribution in [2.75, 3.05) is 26.7 Å². The number of rotatable bonds is 4. The van der Waals surface area contributed by atoms with Crippen LogP contribution < -0.4 is 0 Å². The molecule has 2 saturated heterocycles. The van der Waals surface area contributed by atoms with Crippen LogP contribution in [0, 0.1) is 12.8 Å². The Labute approximate surface area is 145 Å². The molecule has 5 atom stereocenters. The van der Waals surface area contributed by atoms with Gasteiger partial charge in [-0.15, -0.1) is 0 Å². The van der Waals surface area contributed by atoms with E-state index in [2.05, 4.69) is 35.9 Å². The fourth-order valence-electron chi connectivity index (χ4n) is 6.27. The zero-order valence-electron chi connectivity index (χ0n) is 14.9. The molecule has 24 heavy (non-hydrogen) atoms. The van der Waals surface area contributed by atoms with Gasteiger partial charge in [0.05, 0.1) is 0 Å². The molecular weight excluding hydrogens is 296 g/mol. The van der Waals surface area contributed by atoms with Gasteiger partial charge in [-0.25, -0.2) is 0 Å². The second kappa shape index (κ2) is 5.15. The summed E-state index contributed by atoms with van der Waals surface area (Å²) in [7, 11) is 2.33. The lowest BCUT2D eigenvalue weighted by Crippen LogP contribution is -2.56. The topological polar surface area (TPSA) is 23.3 Å². The number of piperidine rings is 1. The van der Waals surface area contributed by atoms with E-state index in [0.29, 0.717) is 11.5 Å². The van der Waals surface area contributed by atoms with Gasteiger partial charge in [-0.3, -0.25) is 9.69 Å². The Bertz CT molecular complexity index is 697. The molecule has 0 N–H and O–H groups in total. The van der Waals surface area contributed by atoms with Crippen molar-refractivity contribution in [2.45, 2.75) is 56.5 Å². The summed E-state index contributed by atoms with van der Waals surface area (Å²) in [4.78, 5) is 17.0. The standard InChI is InChI=1S/C21H28N2O/c1-14-8-15-4-3-5-16(20(15)17(9-14)12-24)11-22(2)19-10-21-13-23(21)7-6-18(19)21/h8-9,12,16,18-19H,3-7,10-11,13H2,1-2H3. The first-order chi connectivity index (χ1) is 11.6. The third-order valence-electron chi connectivity index (χ3n) is 7.47. The van der Waals surface area contributed by atoms with E-state index in [1.807, 2.05) is 0 Å². The Balaban J connectivity index is 1.36. The number of aryl methyl sites for hydroxylation is 2. The Morgan fingerprint density at radius 2 is 2.25 bits per heavy atom. The molecule has 0 bridgehead atoms. The molecule has 1 aromatic carbocycles. The van der Waals surface area contributed by atoms with E-state index in [0.717, 1.165) is 36.8 Å². The van der Waals surface area contributed by atoms with Gasteiger partial charge >= 0.3 is 0 Å². The van der Waals surface area contributed by atoms with Crippen molar-refractivity contribution >= 4 is 6.29 Å². The average Bonchev–Trinajstić information content (AvgIpc) is 3.22. The number of carbonyl (C=O) groups is 1. The molecule has 2 heterocycles. The molecule has 3 fully saturated rings. The first-order valence-corrected chi connectivity index (χ1v) is 9.66. The summed E-state index contributed by atoms with van der Waals surface area (Å²) in [5.74, 6) is 1.45. The summed E-state index contributed by atoms with van der Waals surface area (Å²) >= 11 is 0. The molecular formula is C21H28N2O. The molecule has 1 spiro atoms. The Morgan fingerprint density at radius 1 is 1.38 bits per heavy atom. The normalized spacial score (nSPS) is 39.0. The van der Waals surface area contributed by atoms with Crippen molar-refractivity contribution < 1.29 is 4.79 Å². The second-order valence-corrected chi connectivity index (χ2v) is 8.77. The minimum Gasteiger partial charge on any atom is -0.302 e. The predicted octanol–water partition coefficient (Wildman–Crippen LogP) is 3.01. The predicted molar refractivity (Wildman–Crippen MR) is 95.7 cm³/mol. The van der Waals surface area contributed by atoms with Crippen LogP contribution in [0.4, 0.5) is 0 Å². The van der Waals surface area contributed by atoms with E-state index in [-0.39, 0.29) is 0 Å². The first-order valence-electron chi connectivity index (χ1n) is 9.66. The molecule has 3 heteroatoms. The van der Waals surface area contributed by atoms with Crippen LogP contribution in [0.3, 0.4) is 0 Å². The zero-order chi connectivity index (χ0) is 16.5. The summed E-state index contributed by atoms with van der Waals surface area (Å²) in [6, 6.07) is 5.17. The third-order valence-corrected chi connectivity index (χ3v) is 7.47. The summed E-state index contributed by atoms with van der Waals surface area (Å²) in [5.41, 5.74) is 5.60. The van der Waals surface area contributed by atoms with Gasteiger partial charge in [-0.05, 0) is 81.6 Å². The van der Waals surface area contributed by atoms with E-state index < -0.39 is 0 Å². The minimum atomic E-state index is 0.535. The van der Waals surface area contributed by atoms with Crippen molar-refractivity contribution in [3.05, 3.63) is 34.4 Å². The summed E-state index contributed by atoms with van der Waals surface area (Å²) < 4.78 is 0. The van der Waals surface area contributed by atoms with Gasteiger partial charge in [-0.1, -0.05) is 11.6 Å². The lowest BCUT2D eigenvalue weighted by molar-refractivity contribution is 0.0432. The van der Waals surface area contributed by atoms with Crippen molar-refractivity contribution in [2.24, 2.45) is 5.92 Å². The zero-order valence-corrected chi connectivity index (χ0v) is 14.9. The first kappa shape index (κ1) is 15.1. The highest BCUT2D eigenvalue weighted by molar-refractivity contribution is 5.79. The quantitative estimate of drug-likeness (QED) is 0.628. The number of nitrogens with zero attached hydrogens (tertiary/aromatic N) is 2. The lowest BCUT2D eigenvalue weighted by atomic mass is 9.67. The SMILES string of the molecule is Cc1cc(C=O)c2c(c1)CCCC2CN(C)C1CC23CN2CCC13. The van der Waals surface area contributed by atoms with Gasteiger partial charge in [0.25, 0.3) is 0 Å². The van der Waals surface area contributed by atoms with E-state index in [4.69, 9.17) is 0 Å². The molecule has 2 aliphatic heterocycles. The minimum absolute atomic E-state index is 0.535. The number of aldehydes is 1. The monoisotopic (exact) mass is 324 g/mol. The molecule has 1 aromatic rings. The van der Waals surface area contributed by atoms with E-state index in [1.54, 1.807) is 0 Å². The van der Waals surface area contributed by atoms with Gasteiger partial charge in [0.15, 0.2) is 0 Å². The van der Waals surface area contributed by atoms with Crippen molar-refractivity contribution in [1.82, 2.24) is 9.80 Å². The Hall–Kier alpha value is -1.19. The molecule has 0 amide bonds. The number of hydrogen-bond acceptors (Lipinski definition) is 3. The molecule has 0 aromatic heterocycles. The lowest BCUT2D eigenvalue weighted by Gasteiger charge is -2.48. The van der Waals surface area contributed by atoms with Crippen LogP contribution >= 0.6 is 0 Å². The summed E-state index contributed by atoms with van der Waals surface area (Å²) in [6.45, 7) is 5.92. The van der Waals surface area contributed by atoms with Crippen LogP contribution in [0.2, 0.25) is 0 Å². The van der Waals surface area contributed by atoms with Crippen LogP contribution in [-0.2, 0) is 6.42 Å². The second-order valence-electron chi connectivity index (χ2n) is 8.77. The van der Waals surface area contributed by atoms with Gasteiger partial charge in [0.1, 0.15) is 6.29 Å². The number of benzene rings is 1. The van der Waals surface area contributed by atoms with Crippen LogP contribution in [-0.4, -0.2) is 54.3 Å². The Morgan fingerprint density at radius 3 is 3.00 bits per heavy atom. The van der Waals surface area contributed by atoms with Gasteiger partial charge in [-0.2, -0.15) is 0 Å². The van der Waals surface area contributed by atoms with Crippen LogP contribution in [0.1, 0.15) is 58.6 Å². The van der Waals surface area contributed by atoms with E-state index >= 15 is 0 Å². The highest BCUT2D eigenvalue weighted by Crippen LogP contribution is 2.61. The maximum absolute atomic E-state index is 11.6.